The zero-order valence-corrected chi connectivity index (χ0v) is 8.04. The van der Waals surface area contributed by atoms with Gasteiger partial charge in [-0.3, -0.25) is 0 Å². The molecule has 0 fully saturated rings. The highest BCUT2D eigenvalue weighted by Crippen LogP contribution is 2.20. The van der Waals surface area contributed by atoms with Crippen molar-refractivity contribution >= 4 is 11.6 Å². The van der Waals surface area contributed by atoms with Crippen molar-refractivity contribution in [1.82, 2.24) is 0 Å². The Morgan fingerprint density at radius 2 is 1.50 bits per heavy atom. The Balaban J connectivity index is 0.000000561. The molecule has 68 valence electrons. The molecule has 3 heteroatoms. The van der Waals surface area contributed by atoms with Crippen LogP contribution in [0.15, 0.2) is 12.1 Å². The van der Waals surface area contributed by atoms with E-state index in [1.165, 1.54) is 6.92 Å². The van der Waals surface area contributed by atoms with Gasteiger partial charge in [-0.25, -0.2) is 8.78 Å². The molecule has 12 heavy (non-hydrogen) atoms. The second-order valence-electron chi connectivity index (χ2n) is 1.97. The van der Waals surface area contributed by atoms with Crippen molar-refractivity contribution in [2.75, 3.05) is 0 Å². The van der Waals surface area contributed by atoms with Gasteiger partial charge in [-0.15, -0.1) is 0 Å². The third-order valence-corrected chi connectivity index (χ3v) is 1.74. The topological polar surface area (TPSA) is 0 Å². The molecule has 0 saturated carbocycles. The molecular weight excluding hydrogens is 182 g/mol. The lowest BCUT2D eigenvalue weighted by molar-refractivity contribution is 0.593. The number of hydrogen-bond donors (Lipinski definition) is 0. The fourth-order valence-corrected chi connectivity index (χ4v) is 0.782. The van der Waals surface area contributed by atoms with Crippen molar-refractivity contribution in [1.29, 1.82) is 0 Å². The first-order chi connectivity index (χ1) is 5.63. The molecule has 0 saturated heterocycles. The van der Waals surface area contributed by atoms with Crippen molar-refractivity contribution < 1.29 is 8.78 Å². The Bertz CT molecular complexity index is 232. The summed E-state index contributed by atoms with van der Waals surface area (Å²) in [6, 6.07) is 2.06. The predicted octanol–water partition coefficient (Wildman–Crippen LogP) is 3.95. The third kappa shape index (κ3) is 2.45. The van der Waals surface area contributed by atoms with Crippen LogP contribution in [0.1, 0.15) is 19.4 Å². The molecule has 0 radical (unpaired) electrons. The van der Waals surface area contributed by atoms with Crippen LogP contribution < -0.4 is 0 Å². The second kappa shape index (κ2) is 5.09. The van der Waals surface area contributed by atoms with Gasteiger partial charge >= 0.3 is 0 Å². The molecule has 0 heterocycles. The minimum Gasteiger partial charge on any atom is -0.207 e. The normalized spacial score (nSPS) is 8.83. The van der Waals surface area contributed by atoms with Gasteiger partial charge in [0, 0.05) is 5.56 Å². The van der Waals surface area contributed by atoms with Crippen LogP contribution in [-0.2, 0) is 0 Å². The fourth-order valence-electron chi connectivity index (χ4n) is 0.628. The number of halogens is 3. The van der Waals surface area contributed by atoms with E-state index >= 15 is 0 Å². The SMILES string of the molecule is CC.Cc1c(F)ccc(F)c1Cl. The first kappa shape index (κ1) is 11.4. The molecule has 0 spiro atoms. The Kier molecular flexibility index (Phi) is 4.83. The van der Waals surface area contributed by atoms with Gasteiger partial charge in [-0.05, 0) is 19.1 Å². The smallest absolute Gasteiger partial charge is 0.142 e. The molecule has 1 aromatic carbocycles. The first-order valence-electron chi connectivity index (χ1n) is 3.73. The maximum absolute atomic E-state index is 12.5. The van der Waals surface area contributed by atoms with Gasteiger partial charge in [-0.1, -0.05) is 25.4 Å². The highest BCUT2D eigenvalue weighted by atomic mass is 35.5. The number of benzene rings is 1. The van der Waals surface area contributed by atoms with Crippen LogP contribution in [-0.4, -0.2) is 0 Å². The van der Waals surface area contributed by atoms with E-state index in [1.54, 1.807) is 0 Å². The van der Waals surface area contributed by atoms with E-state index < -0.39 is 11.6 Å². The molecule has 0 unspecified atom stereocenters. The summed E-state index contributed by atoms with van der Waals surface area (Å²) in [4.78, 5) is 0. The molecule has 0 aliphatic rings. The Hall–Kier alpha value is -0.630. The molecule has 0 aliphatic carbocycles. The van der Waals surface area contributed by atoms with Crippen LogP contribution in [0.2, 0.25) is 5.02 Å². The molecule has 0 N–H and O–H groups in total. The van der Waals surface area contributed by atoms with Gasteiger partial charge < -0.3 is 0 Å². The van der Waals surface area contributed by atoms with Gasteiger partial charge in [0.1, 0.15) is 11.6 Å². The van der Waals surface area contributed by atoms with Gasteiger partial charge in [0.15, 0.2) is 0 Å². The second-order valence-corrected chi connectivity index (χ2v) is 2.35. The number of hydrogen-bond acceptors (Lipinski definition) is 0. The summed E-state index contributed by atoms with van der Waals surface area (Å²) >= 11 is 5.37. The third-order valence-electron chi connectivity index (χ3n) is 1.27. The maximum atomic E-state index is 12.5. The summed E-state index contributed by atoms with van der Waals surface area (Å²) in [6.45, 7) is 5.43. The zero-order chi connectivity index (χ0) is 9.72. The van der Waals surface area contributed by atoms with Crippen molar-refractivity contribution in [2.24, 2.45) is 0 Å². The molecule has 0 bridgehead atoms. The maximum Gasteiger partial charge on any atom is 0.142 e. The van der Waals surface area contributed by atoms with Gasteiger partial charge in [0.2, 0.25) is 0 Å². The highest BCUT2D eigenvalue weighted by Gasteiger charge is 2.05. The lowest BCUT2D eigenvalue weighted by atomic mass is 10.2. The molecule has 0 amide bonds. The van der Waals surface area contributed by atoms with Gasteiger partial charge in [0.25, 0.3) is 0 Å². The van der Waals surface area contributed by atoms with Crippen molar-refractivity contribution in [3.05, 3.63) is 34.4 Å². The molecule has 0 atom stereocenters. The Morgan fingerprint density at radius 1 is 1.08 bits per heavy atom. The van der Waals surface area contributed by atoms with Crippen molar-refractivity contribution in [3.63, 3.8) is 0 Å². The van der Waals surface area contributed by atoms with E-state index in [0.717, 1.165) is 12.1 Å². The van der Waals surface area contributed by atoms with E-state index in [2.05, 4.69) is 0 Å². The van der Waals surface area contributed by atoms with Crippen LogP contribution in [0.4, 0.5) is 8.78 Å². The van der Waals surface area contributed by atoms with E-state index in [0.29, 0.717) is 0 Å². The minimum atomic E-state index is -0.583. The molecule has 0 aliphatic heterocycles. The molecule has 0 nitrogen and oxygen atoms in total. The minimum absolute atomic E-state index is 0.139. The standard InChI is InChI=1S/C7H5ClF2.C2H6/c1-4-5(9)2-3-6(10)7(4)8;1-2/h2-3H,1H3;1-2H3. The van der Waals surface area contributed by atoms with Crippen molar-refractivity contribution in [2.45, 2.75) is 20.8 Å². The van der Waals surface area contributed by atoms with E-state index in [4.69, 9.17) is 11.6 Å². The van der Waals surface area contributed by atoms with E-state index in [1.807, 2.05) is 13.8 Å². The molecular formula is C9H11ClF2. The molecule has 0 aromatic heterocycles. The summed E-state index contributed by atoms with van der Waals surface area (Å²) in [6.07, 6.45) is 0. The van der Waals surface area contributed by atoms with Crippen LogP contribution in [0.25, 0.3) is 0 Å². The lowest BCUT2D eigenvalue weighted by Gasteiger charge is -1.98. The highest BCUT2D eigenvalue weighted by molar-refractivity contribution is 6.31. The zero-order valence-electron chi connectivity index (χ0n) is 7.29. The monoisotopic (exact) mass is 192 g/mol. The van der Waals surface area contributed by atoms with Crippen LogP contribution in [0, 0.1) is 18.6 Å². The van der Waals surface area contributed by atoms with Crippen LogP contribution in [0.5, 0.6) is 0 Å². The lowest BCUT2D eigenvalue weighted by Crippen LogP contribution is -1.86. The Morgan fingerprint density at radius 3 is 1.92 bits per heavy atom. The van der Waals surface area contributed by atoms with Crippen LogP contribution in [0.3, 0.4) is 0 Å². The molecule has 1 aromatic rings. The summed E-state index contributed by atoms with van der Waals surface area (Å²) < 4.78 is 25.0. The first-order valence-corrected chi connectivity index (χ1v) is 4.11. The summed E-state index contributed by atoms with van der Waals surface area (Å²) in [5.74, 6) is -1.06. The fraction of sp³-hybridized carbons (Fsp3) is 0.333. The van der Waals surface area contributed by atoms with Gasteiger partial charge in [-0.2, -0.15) is 0 Å². The quantitative estimate of drug-likeness (QED) is 0.546. The van der Waals surface area contributed by atoms with Crippen LogP contribution >= 0.6 is 11.6 Å². The van der Waals surface area contributed by atoms with Crippen molar-refractivity contribution in [3.8, 4) is 0 Å². The van der Waals surface area contributed by atoms with E-state index in [9.17, 15) is 8.78 Å². The van der Waals surface area contributed by atoms with Gasteiger partial charge in [0.05, 0.1) is 5.02 Å². The molecule has 1 rings (SSSR count). The number of rotatable bonds is 0. The predicted molar refractivity (Wildman–Crippen MR) is 47.5 cm³/mol. The summed E-state index contributed by atoms with van der Waals surface area (Å²) in [7, 11) is 0. The summed E-state index contributed by atoms with van der Waals surface area (Å²) in [5, 5.41) is -0.139. The summed E-state index contributed by atoms with van der Waals surface area (Å²) in [5.41, 5.74) is 0.154. The average molecular weight is 193 g/mol. The Labute approximate surface area is 76.2 Å². The average Bonchev–Trinajstić information content (AvgIpc) is 2.12. The van der Waals surface area contributed by atoms with E-state index in [-0.39, 0.29) is 10.6 Å². The largest absolute Gasteiger partial charge is 0.207 e.